The zero-order valence-electron chi connectivity index (χ0n) is 9.12. The molecule has 0 aromatic heterocycles. The van der Waals surface area contributed by atoms with Crippen molar-refractivity contribution in [2.75, 3.05) is 7.11 Å². The molecule has 0 aliphatic heterocycles. The van der Waals surface area contributed by atoms with Gasteiger partial charge in [0.15, 0.2) is 5.78 Å². The molecule has 0 bridgehead atoms. The normalized spacial score (nSPS) is 11.8. The Balaban J connectivity index is 2.63. The number of ether oxygens (including phenoxy) is 1. The van der Waals surface area contributed by atoms with Crippen molar-refractivity contribution in [2.24, 2.45) is 0 Å². The van der Waals surface area contributed by atoms with Crippen LogP contribution in [0.4, 0.5) is 13.2 Å². The molecule has 0 unspecified atom stereocenters. The van der Waals surface area contributed by atoms with Crippen LogP contribution in [0, 0.1) is 0 Å². The average Bonchev–Trinajstić information content (AvgIpc) is 2.27. The quantitative estimate of drug-likeness (QED) is 0.599. The van der Waals surface area contributed by atoms with E-state index in [1.54, 1.807) is 12.1 Å². The predicted molar refractivity (Wildman–Crippen MR) is 57.1 cm³/mol. The van der Waals surface area contributed by atoms with Gasteiger partial charge in [0.1, 0.15) is 5.75 Å². The molecule has 0 N–H and O–H groups in total. The fourth-order valence-electron chi connectivity index (χ4n) is 1.15. The summed E-state index contributed by atoms with van der Waals surface area (Å²) in [7, 11) is 1.49. The highest BCUT2D eigenvalue weighted by molar-refractivity contribution is 6.04. The van der Waals surface area contributed by atoms with E-state index >= 15 is 0 Å². The van der Waals surface area contributed by atoms with E-state index in [-0.39, 0.29) is 0 Å². The molecular weight excluding hydrogens is 233 g/mol. The zero-order valence-corrected chi connectivity index (χ0v) is 9.12. The SMILES string of the molecule is COc1ccc(C(=O)/C=C/CC(F)(F)F)cc1. The number of benzene rings is 1. The third-order valence-corrected chi connectivity index (χ3v) is 1.99. The maximum absolute atomic E-state index is 11.8. The van der Waals surface area contributed by atoms with E-state index in [2.05, 4.69) is 0 Å². The number of ketones is 1. The Bertz CT molecular complexity index is 405. The number of hydrogen-bond donors (Lipinski definition) is 0. The van der Waals surface area contributed by atoms with Crippen molar-refractivity contribution in [3.8, 4) is 5.75 Å². The summed E-state index contributed by atoms with van der Waals surface area (Å²) >= 11 is 0. The molecule has 1 aromatic carbocycles. The lowest BCUT2D eigenvalue weighted by atomic mass is 10.1. The molecule has 0 saturated heterocycles. The van der Waals surface area contributed by atoms with Crippen LogP contribution in [-0.2, 0) is 0 Å². The molecule has 0 spiro atoms. The maximum Gasteiger partial charge on any atom is 0.392 e. The Kier molecular flexibility index (Phi) is 4.31. The van der Waals surface area contributed by atoms with Crippen LogP contribution in [0.1, 0.15) is 16.8 Å². The molecule has 0 atom stereocenters. The molecule has 0 fully saturated rings. The number of hydrogen-bond acceptors (Lipinski definition) is 2. The van der Waals surface area contributed by atoms with Gasteiger partial charge in [-0.05, 0) is 30.3 Å². The fourth-order valence-corrected chi connectivity index (χ4v) is 1.15. The molecule has 2 nitrogen and oxygen atoms in total. The summed E-state index contributed by atoms with van der Waals surface area (Å²) in [6, 6.07) is 6.15. The highest BCUT2D eigenvalue weighted by Gasteiger charge is 2.24. The summed E-state index contributed by atoms with van der Waals surface area (Å²) in [6.07, 6.45) is -3.65. The van der Waals surface area contributed by atoms with E-state index in [0.29, 0.717) is 11.3 Å². The molecule has 0 amide bonds. The zero-order chi connectivity index (χ0) is 12.9. The molecule has 5 heteroatoms. The minimum absolute atomic E-state index is 0.323. The van der Waals surface area contributed by atoms with Crippen LogP contribution >= 0.6 is 0 Å². The number of carbonyl (C=O) groups excluding carboxylic acids is 1. The van der Waals surface area contributed by atoms with E-state index in [0.717, 1.165) is 12.2 Å². The fraction of sp³-hybridized carbons (Fsp3) is 0.250. The molecule has 0 heterocycles. The van der Waals surface area contributed by atoms with Gasteiger partial charge in [-0.1, -0.05) is 6.08 Å². The molecule has 0 aliphatic rings. The summed E-state index contributed by atoms with van der Waals surface area (Å²) in [5, 5.41) is 0. The van der Waals surface area contributed by atoms with Crippen LogP contribution in [0.15, 0.2) is 36.4 Å². The van der Waals surface area contributed by atoms with Crippen LogP contribution in [-0.4, -0.2) is 19.1 Å². The maximum atomic E-state index is 11.8. The van der Waals surface area contributed by atoms with Crippen molar-refractivity contribution in [1.29, 1.82) is 0 Å². The third-order valence-electron chi connectivity index (χ3n) is 1.99. The Labute approximate surface area is 96.7 Å². The highest BCUT2D eigenvalue weighted by atomic mass is 19.4. The first-order valence-corrected chi connectivity index (χ1v) is 4.84. The van der Waals surface area contributed by atoms with Crippen molar-refractivity contribution in [3.63, 3.8) is 0 Å². The van der Waals surface area contributed by atoms with Crippen molar-refractivity contribution in [1.82, 2.24) is 0 Å². The number of carbonyl (C=O) groups is 1. The van der Waals surface area contributed by atoms with Gasteiger partial charge >= 0.3 is 6.18 Å². The lowest BCUT2D eigenvalue weighted by Crippen LogP contribution is -2.04. The second kappa shape index (κ2) is 5.52. The molecule has 0 radical (unpaired) electrons. The summed E-state index contributed by atoms with van der Waals surface area (Å²) in [5.74, 6) is 0.123. The second-order valence-electron chi connectivity index (χ2n) is 3.31. The average molecular weight is 244 g/mol. The largest absolute Gasteiger partial charge is 0.497 e. The van der Waals surface area contributed by atoms with Crippen LogP contribution in [0.2, 0.25) is 0 Å². The standard InChI is InChI=1S/C12H11F3O2/c1-17-10-6-4-9(5-7-10)11(16)3-2-8-12(13,14)15/h2-7H,8H2,1H3/b3-2+. The Morgan fingerprint density at radius 3 is 2.35 bits per heavy atom. The van der Waals surface area contributed by atoms with Crippen LogP contribution in [0.3, 0.4) is 0 Å². The first kappa shape index (κ1) is 13.3. The Morgan fingerprint density at radius 2 is 1.88 bits per heavy atom. The van der Waals surface area contributed by atoms with E-state index in [4.69, 9.17) is 4.74 Å². The van der Waals surface area contributed by atoms with Gasteiger partial charge in [-0.25, -0.2) is 0 Å². The van der Waals surface area contributed by atoms with Gasteiger partial charge in [-0.2, -0.15) is 13.2 Å². The number of alkyl halides is 3. The van der Waals surface area contributed by atoms with Gasteiger partial charge in [0.2, 0.25) is 0 Å². The molecule has 0 saturated carbocycles. The second-order valence-corrected chi connectivity index (χ2v) is 3.31. The lowest BCUT2D eigenvalue weighted by molar-refractivity contribution is -0.125. The van der Waals surface area contributed by atoms with Gasteiger partial charge in [0, 0.05) is 5.56 Å². The van der Waals surface area contributed by atoms with E-state index in [9.17, 15) is 18.0 Å². The van der Waals surface area contributed by atoms with Crippen molar-refractivity contribution in [2.45, 2.75) is 12.6 Å². The van der Waals surface area contributed by atoms with Gasteiger partial charge in [0.25, 0.3) is 0 Å². The van der Waals surface area contributed by atoms with Crippen LogP contribution in [0.5, 0.6) is 5.75 Å². The van der Waals surface area contributed by atoms with Crippen LogP contribution in [0.25, 0.3) is 0 Å². The van der Waals surface area contributed by atoms with Crippen molar-refractivity contribution < 1.29 is 22.7 Å². The molecule has 17 heavy (non-hydrogen) atoms. The number of methoxy groups -OCH3 is 1. The summed E-state index contributed by atoms with van der Waals surface area (Å²) in [4.78, 5) is 11.4. The van der Waals surface area contributed by atoms with Crippen molar-refractivity contribution >= 4 is 5.78 Å². The summed E-state index contributed by atoms with van der Waals surface area (Å²) < 4.78 is 40.4. The number of rotatable bonds is 4. The smallest absolute Gasteiger partial charge is 0.392 e. The Hall–Kier alpha value is -1.78. The topological polar surface area (TPSA) is 26.3 Å². The number of allylic oxidation sites excluding steroid dienone is 2. The molecular formula is C12H11F3O2. The predicted octanol–water partition coefficient (Wildman–Crippen LogP) is 3.39. The van der Waals surface area contributed by atoms with Gasteiger partial charge < -0.3 is 4.74 Å². The molecule has 92 valence electrons. The third kappa shape index (κ3) is 4.72. The van der Waals surface area contributed by atoms with Crippen molar-refractivity contribution in [3.05, 3.63) is 42.0 Å². The lowest BCUT2D eigenvalue weighted by Gasteiger charge is -2.01. The Morgan fingerprint density at radius 1 is 1.29 bits per heavy atom. The van der Waals surface area contributed by atoms with E-state index in [1.165, 1.54) is 19.2 Å². The monoisotopic (exact) mass is 244 g/mol. The highest BCUT2D eigenvalue weighted by Crippen LogP contribution is 2.20. The van der Waals surface area contributed by atoms with Gasteiger partial charge in [-0.15, -0.1) is 0 Å². The molecule has 1 aromatic rings. The first-order valence-electron chi connectivity index (χ1n) is 4.84. The van der Waals surface area contributed by atoms with E-state index in [1.807, 2.05) is 0 Å². The molecule has 0 aliphatic carbocycles. The summed E-state index contributed by atoms with van der Waals surface area (Å²) in [5.41, 5.74) is 0.323. The van der Waals surface area contributed by atoms with Gasteiger partial charge in [0.05, 0.1) is 13.5 Å². The first-order chi connectivity index (χ1) is 7.92. The van der Waals surface area contributed by atoms with E-state index < -0.39 is 18.4 Å². The minimum atomic E-state index is -4.28. The van der Waals surface area contributed by atoms with Crippen LogP contribution < -0.4 is 4.74 Å². The van der Waals surface area contributed by atoms with Gasteiger partial charge in [-0.3, -0.25) is 4.79 Å². The minimum Gasteiger partial charge on any atom is -0.497 e. The number of halogens is 3. The summed E-state index contributed by atoms with van der Waals surface area (Å²) in [6.45, 7) is 0. The molecule has 1 rings (SSSR count).